The zero-order chi connectivity index (χ0) is 19.7. The van der Waals surface area contributed by atoms with Gasteiger partial charge < -0.3 is 9.80 Å². The van der Waals surface area contributed by atoms with Crippen molar-refractivity contribution in [3.63, 3.8) is 0 Å². The van der Waals surface area contributed by atoms with E-state index in [1.165, 1.54) is 24.3 Å². The quantitative estimate of drug-likeness (QED) is 0.808. The SMILES string of the molecule is CN1CCN(c2ccccc2NS(=O)(=O)c2ccc(S(C)(=O)=O)cc2)CC1. The van der Waals surface area contributed by atoms with Crippen LogP contribution in [0.15, 0.2) is 58.3 Å². The molecule has 1 N–H and O–H groups in total. The highest BCUT2D eigenvalue weighted by Gasteiger charge is 2.21. The molecular formula is C18H23N3O4S2. The van der Waals surface area contributed by atoms with Crippen LogP contribution in [0.3, 0.4) is 0 Å². The monoisotopic (exact) mass is 409 g/mol. The summed E-state index contributed by atoms with van der Waals surface area (Å²) < 4.78 is 51.3. The summed E-state index contributed by atoms with van der Waals surface area (Å²) in [5, 5.41) is 0. The number of para-hydroxylation sites is 2. The second kappa shape index (κ2) is 7.49. The van der Waals surface area contributed by atoms with Crippen LogP contribution < -0.4 is 9.62 Å². The molecule has 0 spiro atoms. The van der Waals surface area contributed by atoms with Gasteiger partial charge in [-0.3, -0.25) is 4.72 Å². The molecule has 2 aromatic rings. The lowest BCUT2D eigenvalue weighted by molar-refractivity contribution is 0.313. The van der Waals surface area contributed by atoms with Gasteiger partial charge in [0.25, 0.3) is 10.0 Å². The molecule has 1 fully saturated rings. The Hall–Kier alpha value is -2.10. The van der Waals surface area contributed by atoms with E-state index in [2.05, 4.69) is 21.6 Å². The van der Waals surface area contributed by atoms with E-state index in [-0.39, 0.29) is 9.79 Å². The van der Waals surface area contributed by atoms with Crippen LogP contribution in [0.5, 0.6) is 0 Å². The predicted octanol–water partition coefficient (Wildman–Crippen LogP) is 1.64. The van der Waals surface area contributed by atoms with E-state index in [4.69, 9.17) is 0 Å². The Morgan fingerprint density at radius 2 is 1.37 bits per heavy atom. The Labute approximate surface area is 160 Å². The number of piperazine rings is 1. The maximum absolute atomic E-state index is 12.8. The van der Waals surface area contributed by atoms with Gasteiger partial charge in [-0.25, -0.2) is 16.8 Å². The van der Waals surface area contributed by atoms with Gasteiger partial charge in [-0.2, -0.15) is 0 Å². The van der Waals surface area contributed by atoms with Gasteiger partial charge in [0.2, 0.25) is 0 Å². The Morgan fingerprint density at radius 1 is 0.815 bits per heavy atom. The van der Waals surface area contributed by atoms with E-state index in [9.17, 15) is 16.8 Å². The molecule has 0 radical (unpaired) electrons. The first kappa shape index (κ1) is 19.7. The van der Waals surface area contributed by atoms with E-state index >= 15 is 0 Å². The fourth-order valence-electron chi connectivity index (χ4n) is 2.95. The first-order valence-electron chi connectivity index (χ1n) is 8.52. The van der Waals surface area contributed by atoms with E-state index in [0.717, 1.165) is 38.1 Å². The summed E-state index contributed by atoms with van der Waals surface area (Å²) in [6.45, 7) is 3.46. The van der Waals surface area contributed by atoms with Crippen LogP contribution in [0, 0.1) is 0 Å². The topological polar surface area (TPSA) is 86.8 Å². The maximum Gasteiger partial charge on any atom is 0.261 e. The van der Waals surface area contributed by atoms with E-state index < -0.39 is 19.9 Å². The number of rotatable bonds is 5. The van der Waals surface area contributed by atoms with Crippen molar-refractivity contribution in [2.75, 3.05) is 49.1 Å². The van der Waals surface area contributed by atoms with Crippen molar-refractivity contribution in [2.24, 2.45) is 0 Å². The number of sulfonamides is 1. The number of sulfone groups is 1. The van der Waals surface area contributed by atoms with E-state index in [1.54, 1.807) is 12.1 Å². The van der Waals surface area contributed by atoms with E-state index in [0.29, 0.717) is 5.69 Å². The highest BCUT2D eigenvalue weighted by molar-refractivity contribution is 7.92. The Morgan fingerprint density at radius 3 is 1.96 bits per heavy atom. The number of nitrogens with one attached hydrogen (secondary N) is 1. The molecule has 0 bridgehead atoms. The summed E-state index contributed by atoms with van der Waals surface area (Å²) in [5.74, 6) is 0. The standard InChI is InChI=1S/C18H23N3O4S2/c1-20-11-13-21(14-12-20)18-6-4-3-5-17(18)19-27(24,25)16-9-7-15(8-10-16)26(2,22)23/h3-10,19H,11-14H2,1-2H3. The fraction of sp³-hybridized carbons (Fsp3) is 0.333. The van der Waals surface area contributed by atoms with Gasteiger partial charge in [0.05, 0.1) is 21.2 Å². The number of anilines is 2. The van der Waals surface area contributed by atoms with Gasteiger partial charge in [0.1, 0.15) is 0 Å². The smallest absolute Gasteiger partial charge is 0.261 e. The lowest BCUT2D eigenvalue weighted by atomic mass is 10.2. The number of nitrogens with zero attached hydrogens (tertiary/aromatic N) is 2. The molecule has 2 aromatic carbocycles. The summed E-state index contributed by atoms with van der Waals surface area (Å²) in [6.07, 6.45) is 1.08. The Kier molecular flexibility index (Phi) is 5.45. The summed E-state index contributed by atoms with van der Waals surface area (Å²) in [5.41, 5.74) is 1.34. The molecule has 0 aromatic heterocycles. The predicted molar refractivity (Wildman–Crippen MR) is 107 cm³/mol. The number of hydrogen-bond acceptors (Lipinski definition) is 6. The second-order valence-corrected chi connectivity index (χ2v) is 10.4. The minimum Gasteiger partial charge on any atom is -0.367 e. The van der Waals surface area contributed by atoms with Crippen LogP contribution in [-0.4, -0.2) is 61.2 Å². The molecule has 1 aliphatic heterocycles. The Balaban J connectivity index is 1.86. The highest BCUT2D eigenvalue weighted by atomic mass is 32.2. The van der Waals surface area contributed by atoms with Crippen LogP contribution in [0.25, 0.3) is 0 Å². The molecule has 0 aliphatic carbocycles. The average Bonchev–Trinajstić information content (AvgIpc) is 2.62. The minimum atomic E-state index is -3.83. The summed E-state index contributed by atoms with van der Waals surface area (Å²) in [6, 6.07) is 12.5. The molecule has 0 unspecified atom stereocenters. The van der Waals surface area contributed by atoms with Gasteiger partial charge >= 0.3 is 0 Å². The molecule has 9 heteroatoms. The number of benzene rings is 2. The molecule has 1 aliphatic rings. The van der Waals surface area contributed by atoms with Crippen molar-refractivity contribution in [3.8, 4) is 0 Å². The Bertz CT molecular complexity index is 1010. The van der Waals surface area contributed by atoms with Crippen LogP contribution in [0.2, 0.25) is 0 Å². The lowest BCUT2D eigenvalue weighted by Crippen LogP contribution is -2.44. The first-order valence-corrected chi connectivity index (χ1v) is 11.9. The molecule has 146 valence electrons. The molecule has 0 amide bonds. The average molecular weight is 410 g/mol. The van der Waals surface area contributed by atoms with Crippen molar-refractivity contribution in [2.45, 2.75) is 9.79 Å². The number of likely N-dealkylation sites (N-methyl/N-ethyl adjacent to an activating group) is 1. The van der Waals surface area contributed by atoms with Crippen molar-refractivity contribution in [3.05, 3.63) is 48.5 Å². The molecule has 0 saturated carbocycles. The highest BCUT2D eigenvalue weighted by Crippen LogP contribution is 2.29. The van der Waals surface area contributed by atoms with Gasteiger partial charge in [-0.15, -0.1) is 0 Å². The van der Waals surface area contributed by atoms with E-state index in [1.807, 2.05) is 12.1 Å². The largest absolute Gasteiger partial charge is 0.367 e. The van der Waals surface area contributed by atoms with Crippen LogP contribution >= 0.6 is 0 Å². The third kappa shape index (κ3) is 4.60. The first-order chi connectivity index (χ1) is 12.7. The van der Waals surface area contributed by atoms with Crippen LogP contribution in [-0.2, 0) is 19.9 Å². The van der Waals surface area contributed by atoms with Crippen LogP contribution in [0.1, 0.15) is 0 Å². The summed E-state index contributed by atoms with van der Waals surface area (Å²) in [7, 11) is -5.14. The summed E-state index contributed by atoms with van der Waals surface area (Å²) >= 11 is 0. The maximum atomic E-state index is 12.8. The third-order valence-electron chi connectivity index (χ3n) is 4.55. The molecule has 27 heavy (non-hydrogen) atoms. The molecule has 7 nitrogen and oxygen atoms in total. The van der Waals surface area contributed by atoms with Gasteiger partial charge in [0, 0.05) is 32.4 Å². The van der Waals surface area contributed by atoms with Gasteiger partial charge in [-0.1, -0.05) is 12.1 Å². The molecule has 1 saturated heterocycles. The van der Waals surface area contributed by atoms with Crippen molar-refractivity contribution < 1.29 is 16.8 Å². The number of hydrogen-bond donors (Lipinski definition) is 1. The molecular weight excluding hydrogens is 386 g/mol. The van der Waals surface area contributed by atoms with Crippen molar-refractivity contribution >= 4 is 31.2 Å². The molecule has 0 atom stereocenters. The van der Waals surface area contributed by atoms with Crippen molar-refractivity contribution in [1.29, 1.82) is 0 Å². The normalized spacial score (nSPS) is 16.3. The molecule has 1 heterocycles. The molecule has 3 rings (SSSR count). The minimum absolute atomic E-state index is 0.0167. The van der Waals surface area contributed by atoms with Crippen molar-refractivity contribution in [1.82, 2.24) is 4.90 Å². The third-order valence-corrected chi connectivity index (χ3v) is 7.06. The lowest BCUT2D eigenvalue weighted by Gasteiger charge is -2.35. The van der Waals surface area contributed by atoms with Gasteiger partial charge in [-0.05, 0) is 43.4 Å². The summed E-state index contributed by atoms with van der Waals surface area (Å²) in [4.78, 5) is 4.49. The van der Waals surface area contributed by atoms with Gasteiger partial charge in [0.15, 0.2) is 9.84 Å². The van der Waals surface area contributed by atoms with Crippen LogP contribution in [0.4, 0.5) is 11.4 Å². The fourth-order valence-corrected chi connectivity index (χ4v) is 4.66. The second-order valence-electron chi connectivity index (χ2n) is 6.66. The zero-order valence-electron chi connectivity index (χ0n) is 15.3. The zero-order valence-corrected chi connectivity index (χ0v) is 16.9.